The van der Waals surface area contributed by atoms with Crippen molar-refractivity contribution in [2.45, 2.75) is 51.1 Å². The fourth-order valence-corrected chi connectivity index (χ4v) is 5.22. The van der Waals surface area contributed by atoms with Crippen molar-refractivity contribution in [2.75, 3.05) is 33.2 Å². The van der Waals surface area contributed by atoms with E-state index >= 15 is 0 Å². The van der Waals surface area contributed by atoms with Crippen molar-refractivity contribution >= 4 is 11.8 Å². The van der Waals surface area contributed by atoms with Crippen LogP contribution in [-0.4, -0.2) is 65.8 Å². The number of hydrogen-bond donors (Lipinski definition) is 0. The van der Waals surface area contributed by atoms with Crippen molar-refractivity contribution in [2.24, 2.45) is 11.8 Å². The van der Waals surface area contributed by atoms with E-state index in [2.05, 4.69) is 4.90 Å². The number of carbonyl (C=O) groups excluding carboxylic acids is 2. The predicted octanol–water partition coefficient (Wildman–Crippen LogP) is 2.35. The summed E-state index contributed by atoms with van der Waals surface area (Å²) in [6.45, 7) is 4.22. The molecule has 4 rings (SSSR count). The highest BCUT2D eigenvalue weighted by molar-refractivity contribution is 5.89. The van der Waals surface area contributed by atoms with Gasteiger partial charge < -0.3 is 19.1 Å². The number of nitrogens with zero attached hydrogens (tertiary/aromatic N) is 3. The molecule has 0 aliphatic carbocycles. The van der Waals surface area contributed by atoms with Crippen LogP contribution in [0.1, 0.15) is 44.3 Å². The van der Waals surface area contributed by atoms with Gasteiger partial charge in [-0.2, -0.15) is 0 Å². The Morgan fingerprint density at radius 2 is 2.11 bits per heavy atom. The predicted molar refractivity (Wildman–Crippen MR) is 102 cm³/mol. The Hall–Kier alpha value is -1.82. The van der Waals surface area contributed by atoms with Crippen molar-refractivity contribution in [1.82, 2.24) is 14.7 Å². The second kappa shape index (κ2) is 8.05. The average molecular weight is 373 g/mol. The van der Waals surface area contributed by atoms with Crippen LogP contribution in [0.3, 0.4) is 0 Å². The smallest absolute Gasteiger partial charge is 0.227 e. The van der Waals surface area contributed by atoms with E-state index in [1.54, 1.807) is 11.2 Å². The molecule has 0 N–H and O–H groups in total. The third kappa shape index (κ3) is 4.05. The van der Waals surface area contributed by atoms with Crippen molar-refractivity contribution in [3.05, 3.63) is 24.2 Å². The van der Waals surface area contributed by atoms with Gasteiger partial charge in [-0.25, -0.2) is 0 Å². The zero-order valence-corrected chi connectivity index (χ0v) is 16.3. The summed E-state index contributed by atoms with van der Waals surface area (Å²) in [6.07, 6.45) is 8.29. The second-order valence-corrected chi connectivity index (χ2v) is 8.47. The minimum Gasteiger partial charge on any atom is -0.467 e. The molecule has 1 unspecified atom stereocenters. The number of hydrogen-bond acceptors (Lipinski definition) is 4. The lowest BCUT2D eigenvalue weighted by atomic mass is 9.83. The highest BCUT2D eigenvalue weighted by Gasteiger charge is 2.38. The van der Waals surface area contributed by atoms with Crippen LogP contribution in [0, 0.1) is 11.8 Å². The van der Waals surface area contributed by atoms with E-state index in [0.29, 0.717) is 31.5 Å². The van der Waals surface area contributed by atoms with Gasteiger partial charge in [0.2, 0.25) is 11.8 Å². The van der Waals surface area contributed by atoms with E-state index in [0.717, 1.165) is 12.3 Å². The lowest BCUT2D eigenvalue weighted by molar-refractivity contribution is -0.135. The van der Waals surface area contributed by atoms with Gasteiger partial charge in [0.15, 0.2) is 0 Å². The highest BCUT2D eigenvalue weighted by Crippen LogP contribution is 2.32. The van der Waals surface area contributed by atoms with Crippen LogP contribution in [0.2, 0.25) is 0 Å². The second-order valence-electron chi connectivity index (χ2n) is 8.47. The Morgan fingerprint density at radius 1 is 1.26 bits per heavy atom. The normalized spacial score (nSPS) is 29.0. The van der Waals surface area contributed by atoms with E-state index in [4.69, 9.17) is 4.42 Å². The molecule has 27 heavy (non-hydrogen) atoms. The zero-order chi connectivity index (χ0) is 18.8. The Bertz CT molecular complexity index is 658. The molecule has 4 heterocycles. The molecule has 3 fully saturated rings. The molecule has 3 atom stereocenters. The van der Waals surface area contributed by atoms with E-state index in [1.165, 1.54) is 45.2 Å². The maximum absolute atomic E-state index is 13.0. The summed E-state index contributed by atoms with van der Waals surface area (Å²) >= 11 is 0. The number of piperidine rings is 2. The number of likely N-dealkylation sites (tertiary alicyclic amines) is 1. The molecule has 2 amide bonds. The molecule has 148 valence electrons. The molecule has 0 saturated carbocycles. The Labute approximate surface area is 161 Å². The first-order valence-corrected chi connectivity index (χ1v) is 10.4. The summed E-state index contributed by atoms with van der Waals surface area (Å²) in [5.41, 5.74) is 0. The summed E-state index contributed by atoms with van der Waals surface area (Å²) in [7, 11) is 1.92. The molecular weight excluding hydrogens is 342 g/mol. The summed E-state index contributed by atoms with van der Waals surface area (Å²) in [5.74, 6) is 1.30. The van der Waals surface area contributed by atoms with Gasteiger partial charge in [0.1, 0.15) is 5.76 Å². The van der Waals surface area contributed by atoms with E-state index in [9.17, 15) is 9.59 Å². The van der Waals surface area contributed by atoms with Gasteiger partial charge in [-0.3, -0.25) is 9.59 Å². The topological polar surface area (TPSA) is 57.0 Å². The highest BCUT2D eigenvalue weighted by atomic mass is 16.3. The van der Waals surface area contributed by atoms with Gasteiger partial charge in [-0.1, -0.05) is 6.42 Å². The Balaban J connectivity index is 1.33. The monoisotopic (exact) mass is 373 g/mol. The third-order valence-corrected chi connectivity index (χ3v) is 6.60. The van der Waals surface area contributed by atoms with Crippen molar-refractivity contribution in [3.8, 4) is 0 Å². The van der Waals surface area contributed by atoms with E-state index in [1.807, 2.05) is 24.1 Å². The van der Waals surface area contributed by atoms with Crippen LogP contribution in [0.25, 0.3) is 0 Å². The largest absolute Gasteiger partial charge is 0.467 e. The number of fused-ring (bicyclic) bond motifs is 1. The van der Waals surface area contributed by atoms with Crippen molar-refractivity contribution < 1.29 is 14.0 Å². The summed E-state index contributed by atoms with van der Waals surface area (Å²) < 4.78 is 5.34. The fourth-order valence-electron chi connectivity index (χ4n) is 5.22. The summed E-state index contributed by atoms with van der Waals surface area (Å²) in [5, 5.41) is 0. The lowest BCUT2D eigenvalue weighted by Gasteiger charge is -2.45. The molecule has 0 aromatic carbocycles. The molecule has 1 aromatic rings. The van der Waals surface area contributed by atoms with Crippen LogP contribution in [0.4, 0.5) is 0 Å². The van der Waals surface area contributed by atoms with Gasteiger partial charge in [0.25, 0.3) is 0 Å². The van der Waals surface area contributed by atoms with Crippen LogP contribution in [-0.2, 0) is 16.1 Å². The number of furan rings is 1. The first-order chi connectivity index (χ1) is 13.1. The molecule has 0 bridgehead atoms. The summed E-state index contributed by atoms with van der Waals surface area (Å²) in [6, 6.07) is 4.34. The van der Waals surface area contributed by atoms with Gasteiger partial charge in [-0.15, -0.1) is 0 Å². The van der Waals surface area contributed by atoms with Crippen LogP contribution < -0.4 is 0 Å². The van der Waals surface area contributed by atoms with E-state index < -0.39 is 0 Å². The molecular formula is C21H31N3O3. The van der Waals surface area contributed by atoms with E-state index in [-0.39, 0.29) is 17.7 Å². The van der Waals surface area contributed by atoms with Gasteiger partial charge in [0.05, 0.1) is 18.7 Å². The molecule has 0 spiro atoms. The lowest BCUT2D eigenvalue weighted by Crippen LogP contribution is -2.51. The van der Waals surface area contributed by atoms with Crippen LogP contribution >= 0.6 is 0 Å². The summed E-state index contributed by atoms with van der Waals surface area (Å²) in [4.78, 5) is 31.6. The third-order valence-electron chi connectivity index (χ3n) is 6.60. The van der Waals surface area contributed by atoms with Crippen molar-refractivity contribution in [1.29, 1.82) is 0 Å². The standard InChI is InChI=1S/C21H31N3O3/c1-22(13-16-6-4-10-23-9-3-2-8-19(16)23)21(26)17-12-20(25)24(14-17)15-18-7-5-11-27-18/h5,7,11,16-17,19H,2-4,6,8-10,12-15H2,1H3/t16-,17?,19+/m0/s1. The minimum atomic E-state index is -0.219. The number of amides is 2. The molecule has 6 heteroatoms. The van der Waals surface area contributed by atoms with Gasteiger partial charge in [0, 0.05) is 32.6 Å². The quantitative estimate of drug-likeness (QED) is 0.795. The zero-order valence-electron chi connectivity index (χ0n) is 16.3. The molecule has 3 saturated heterocycles. The maximum Gasteiger partial charge on any atom is 0.227 e. The molecule has 1 aromatic heterocycles. The SMILES string of the molecule is CN(C[C@@H]1CCCN2CCCC[C@H]12)C(=O)C1CC(=O)N(Cc2ccco2)C1. The first-order valence-electron chi connectivity index (χ1n) is 10.4. The minimum absolute atomic E-state index is 0.0503. The fraction of sp³-hybridized carbons (Fsp3) is 0.714. The number of carbonyl (C=O) groups is 2. The molecule has 0 radical (unpaired) electrons. The molecule has 3 aliphatic rings. The first kappa shape index (κ1) is 18.5. The molecule has 3 aliphatic heterocycles. The maximum atomic E-state index is 13.0. The van der Waals surface area contributed by atoms with Gasteiger partial charge in [-0.05, 0) is 56.8 Å². The average Bonchev–Trinajstić information content (AvgIpc) is 3.32. The van der Waals surface area contributed by atoms with Crippen LogP contribution in [0.5, 0.6) is 0 Å². The Kier molecular flexibility index (Phi) is 5.53. The molecule has 6 nitrogen and oxygen atoms in total. The van der Waals surface area contributed by atoms with Gasteiger partial charge >= 0.3 is 0 Å². The van der Waals surface area contributed by atoms with Crippen molar-refractivity contribution in [3.63, 3.8) is 0 Å². The number of rotatable bonds is 5. The Morgan fingerprint density at radius 3 is 2.93 bits per heavy atom. The van der Waals surface area contributed by atoms with Crippen LogP contribution in [0.15, 0.2) is 22.8 Å².